The van der Waals surface area contributed by atoms with Crippen LogP contribution in [0.1, 0.15) is 12.1 Å². The number of nitrogens with one attached hydrogen (secondary N) is 3. The summed E-state index contributed by atoms with van der Waals surface area (Å²) in [5.41, 5.74) is 9.23. The Kier molecular flexibility index (Phi) is 3.82. The molecule has 6 heterocycles. The monoisotopic (exact) mass is 398 g/mol. The van der Waals surface area contributed by atoms with Crippen LogP contribution in [0.25, 0.3) is 50.0 Å². The lowest BCUT2D eigenvalue weighted by atomic mass is 10.0. The average Bonchev–Trinajstić information content (AvgIpc) is 3.52. The maximum absolute atomic E-state index is 4.95. The van der Waals surface area contributed by atoms with Crippen molar-refractivity contribution in [2.45, 2.75) is 6.42 Å². The Hall–Kier alpha value is -3.29. The van der Waals surface area contributed by atoms with Crippen LogP contribution < -0.4 is 5.32 Å². The molecule has 5 aromatic rings. The van der Waals surface area contributed by atoms with Gasteiger partial charge in [-0.1, -0.05) is 6.08 Å². The molecule has 0 fully saturated rings. The number of nitrogens with zero attached hydrogens (tertiary/aromatic N) is 3. The predicted octanol–water partition coefficient (Wildman–Crippen LogP) is 4.61. The Balaban J connectivity index is 1.50. The molecular weight excluding hydrogens is 380 g/mol. The molecule has 6 rings (SSSR count). The molecule has 0 atom stereocenters. The number of fused-ring (bicyclic) bond motifs is 2. The van der Waals surface area contributed by atoms with Gasteiger partial charge in [-0.15, -0.1) is 0 Å². The van der Waals surface area contributed by atoms with Crippen LogP contribution in [0.2, 0.25) is 0 Å². The zero-order chi connectivity index (χ0) is 19.2. The molecule has 5 aromatic heterocycles. The molecule has 1 aliphatic heterocycles. The maximum atomic E-state index is 4.95. The zero-order valence-corrected chi connectivity index (χ0v) is 16.4. The number of thiophene rings is 1. The lowest BCUT2D eigenvalue weighted by Crippen LogP contribution is -2.20. The molecule has 6 nitrogen and oxygen atoms in total. The first-order chi connectivity index (χ1) is 14.4. The molecule has 3 N–H and O–H groups in total. The van der Waals surface area contributed by atoms with Gasteiger partial charge >= 0.3 is 0 Å². The van der Waals surface area contributed by atoms with Crippen molar-refractivity contribution in [3.05, 3.63) is 59.2 Å². The van der Waals surface area contributed by atoms with Crippen LogP contribution in [0, 0.1) is 0 Å². The highest BCUT2D eigenvalue weighted by Crippen LogP contribution is 2.34. The van der Waals surface area contributed by atoms with Crippen LogP contribution in [-0.2, 0) is 0 Å². The van der Waals surface area contributed by atoms with Crippen molar-refractivity contribution < 1.29 is 0 Å². The molecule has 0 radical (unpaired) electrons. The van der Waals surface area contributed by atoms with E-state index in [0.29, 0.717) is 0 Å². The zero-order valence-electron chi connectivity index (χ0n) is 15.6. The van der Waals surface area contributed by atoms with E-state index in [-0.39, 0.29) is 0 Å². The van der Waals surface area contributed by atoms with Crippen LogP contribution in [0.3, 0.4) is 0 Å². The van der Waals surface area contributed by atoms with Gasteiger partial charge in [-0.2, -0.15) is 16.4 Å². The number of rotatable bonds is 3. The minimum Gasteiger partial charge on any atom is -0.352 e. The van der Waals surface area contributed by atoms with E-state index in [1.165, 1.54) is 11.1 Å². The Morgan fingerprint density at radius 1 is 1.07 bits per heavy atom. The normalized spacial score (nSPS) is 14.6. The fourth-order valence-corrected chi connectivity index (χ4v) is 4.60. The van der Waals surface area contributed by atoms with Crippen LogP contribution in [0.4, 0.5) is 0 Å². The number of hydrogen-bond donors (Lipinski definition) is 3. The molecule has 29 heavy (non-hydrogen) atoms. The van der Waals surface area contributed by atoms with Gasteiger partial charge in [0.2, 0.25) is 0 Å². The van der Waals surface area contributed by atoms with Crippen molar-refractivity contribution in [1.82, 2.24) is 30.5 Å². The molecule has 1 aliphatic rings. The van der Waals surface area contributed by atoms with Gasteiger partial charge in [0.15, 0.2) is 0 Å². The first-order valence-electron chi connectivity index (χ1n) is 9.62. The molecule has 0 bridgehead atoms. The largest absolute Gasteiger partial charge is 0.352 e. The summed E-state index contributed by atoms with van der Waals surface area (Å²) in [6.07, 6.45) is 7.00. The van der Waals surface area contributed by atoms with E-state index in [0.717, 1.165) is 64.1 Å². The van der Waals surface area contributed by atoms with E-state index < -0.39 is 0 Å². The summed E-state index contributed by atoms with van der Waals surface area (Å²) in [6.45, 7) is 1.89. The molecule has 0 amide bonds. The molecular formula is C22H18N6S. The van der Waals surface area contributed by atoms with E-state index >= 15 is 0 Å². The third-order valence-corrected chi connectivity index (χ3v) is 6.12. The van der Waals surface area contributed by atoms with Crippen molar-refractivity contribution in [2.24, 2.45) is 0 Å². The minimum absolute atomic E-state index is 0.837. The van der Waals surface area contributed by atoms with Gasteiger partial charge in [0.1, 0.15) is 11.2 Å². The van der Waals surface area contributed by atoms with Crippen LogP contribution in [0.15, 0.2) is 53.5 Å². The van der Waals surface area contributed by atoms with Crippen molar-refractivity contribution in [1.29, 1.82) is 0 Å². The average molecular weight is 398 g/mol. The lowest BCUT2D eigenvalue weighted by Gasteiger charge is -2.13. The third kappa shape index (κ3) is 2.78. The van der Waals surface area contributed by atoms with Crippen molar-refractivity contribution in [3.8, 4) is 22.5 Å². The number of pyridine rings is 2. The van der Waals surface area contributed by atoms with Gasteiger partial charge in [0, 0.05) is 23.7 Å². The summed E-state index contributed by atoms with van der Waals surface area (Å²) in [5.74, 6) is 0. The summed E-state index contributed by atoms with van der Waals surface area (Å²) in [6, 6.07) is 8.42. The van der Waals surface area contributed by atoms with Crippen molar-refractivity contribution >= 4 is 38.8 Å². The number of H-pyrrole nitrogens is 2. The second-order valence-electron chi connectivity index (χ2n) is 7.19. The van der Waals surface area contributed by atoms with Crippen molar-refractivity contribution in [3.63, 3.8) is 0 Å². The van der Waals surface area contributed by atoms with Gasteiger partial charge in [-0.05, 0) is 59.1 Å². The first kappa shape index (κ1) is 16.6. The van der Waals surface area contributed by atoms with Crippen LogP contribution in [-0.4, -0.2) is 38.2 Å². The lowest BCUT2D eigenvalue weighted by molar-refractivity contribution is 0.737. The highest BCUT2D eigenvalue weighted by atomic mass is 32.1. The Labute approximate surface area is 170 Å². The molecule has 0 saturated carbocycles. The molecule has 0 aliphatic carbocycles. The van der Waals surface area contributed by atoms with Gasteiger partial charge in [0.05, 0.1) is 28.6 Å². The Morgan fingerprint density at radius 2 is 2.07 bits per heavy atom. The summed E-state index contributed by atoms with van der Waals surface area (Å²) in [4.78, 5) is 12.9. The minimum atomic E-state index is 0.837. The maximum Gasteiger partial charge on any atom is 0.135 e. The summed E-state index contributed by atoms with van der Waals surface area (Å²) >= 11 is 1.69. The Bertz CT molecular complexity index is 1360. The second kappa shape index (κ2) is 6.65. The summed E-state index contributed by atoms with van der Waals surface area (Å²) < 4.78 is 0. The topological polar surface area (TPSA) is 82.3 Å². The van der Waals surface area contributed by atoms with E-state index in [1.54, 1.807) is 11.3 Å². The number of hydrogen-bond acceptors (Lipinski definition) is 5. The third-order valence-electron chi connectivity index (χ3n) is 5.43. The van der Waals surface area contributed by atoms with Crippen LogP contribution in [0.5, 0.6) is 0 Å². The molecule has 0 aromatic carbocycles. The fourth-order valence-electron chi connectivity index (χ4n) is 3.95. The van der Waals surface area contributed by atoms with Gasteiger partial charge < -0.3 is 10.3 Å². The molecule has 0 saturated heterocycles. The number of aromatic amines is 2. The van der Waals surface area contributed by atoms with Gasteiger partial charge in [-0.25, -0.2) is 4.98 Å². The SMILES string of the molecule is C1=C(c2ccc3[nH]nc(-c4cc5c(-c6ccsc6)cncc5[nH]4)c3n2)CCNC1. The molecule has 0 spiro atoms. The number of aromatic nitrogens is 5. The Morgan fingerprint density at radius 3 is 2.93 bits per heavy atom. The smallest absolute Gasteiger partial charge is 0.135 e. The van der Waals surface area contributed by atoms with Gasteiger partial charge in [0.25, 0.3) is 0 Å². The summed E-state index contributed by atoms with van der Waals surface area (Å²) in [7, 11) is 0. The highest BCUT2D eigenvalue weighted by molar-refractivity contribution is 7.08. The summed E-state index contributed by atoms with van der Waals surface area (Å²) in [5, 5.41) is 16.4. The van der Waals surface area contributed by atoms with Gasteiger partial charge in [-0.3, -0.25) is 10.1 Å². The molecule has 0 unspecified atom stereocenters. The van der Waals surface area contributed by atoms with E-state index in [9.17, 15) is 0 Å². The fraction of sp³-hybridized carbons (Fsp3) is 0.136. The van der Waals surface area contributed by atoms with E-state index in [1.807, 2.05) is 12.4 Å². The molecule has 7 heteroatoms. The first-order valence-corrected chi connectivity index (χ1v) is 10.6. The van der Waals surface area contributed by atoms with Crippen LogP contribution >= 0.6 is 11.3 Å². The molecule has 142 valence electrons. The predicted molar refractivity (Wildman–Crippen MR) is 118 cm³/mol. The van der Waals surface area contributed by atoms with E-state index in [4.69, 9.17) is 4.98 Å². The van der Waals surface area contributed by atoms with E-state index in [2.05, 4.69) is 66.6 Å². The standard InChI is InChI=1S/C22H18N6S/c1-2-18-21(26-17(1)13-3-6-23-7-4-13)22(28-27-18)19-9-15-16(14-5-8-29-12-14)10-24-11-20(15)25-19/h1-3,5,8-12,23,25H,4,6-7H2,(H,27,28). The quantitative estimate of drug-likeness (QED) is 0.415. The van der Waals surface area contributed by atoms with Crippen molar-refractivity contribution in [2.75, 3.05) is 13.1 Å². The highest BCUT2D eigenvalue weighted by Gasteiger charge is 2.16. The second-order valence-corrected chi connectivity index (χ2v) is 7.97.